The lowest BCUT2D eigenvalue weighted by molar-refractivity contribution is -0.151. The molecule has 2 aliphatic rings. The fourth-order valence-corrected chi connectivity index (χ4v) is 8.37. The number of hydrogen-bond donors (Lipinski definition) is 2. The first-order valence-electron chi connectivity index (χ1n) is 21.0. The van der Waals surface area contributed by atoms with E-state index in [4.69, 9.17) is 16.3 Å². The second-order valence-electron chi connectivity index (χ2n) is 15.7. The maximum absolute atomic E-state index is 12.4. The Morgan fingerprint density at radius 2 is 1.44 bits per heavy atom. The average Bonchev–Trinajstić information content (AvgIpc) is 3.35. The van der Waals surface area contributed by atoms with Gasteiger partial charge < -0.3 is 19.8 Å². The van der Waals surface area contributed by atoms with Gasteiger partial charge in [-0.25, -0.2) is 0 Å². The monoisotopic (exact) mass is 722 g/mol. The van der Waals surface area contributed by atoms with Crippen molar-refractivity contribution in [2.45, 2.75) is 198 Å². The molecule has 0 radical (unpaired) electrons. The fourth-order valence-electron chi connectivity index (χ4n) is 7.91. The zero-order valence-corrected chi connectivity index (χ0v) is 33.2. The van der Waals surface area contributed by atoms with Gasteiger partial charge in [-0.1, -0.05) is 141 Å². The number of aliphatic hydroxyl groups is 2. The van der Waals surface area contributed by atoms with Gasteiger partial charge in [-0.2, -0.15) is 0 Å². The molecule has 1 amide bonds. The molecule has 2 saturated carbocycles. The molecule has 0 bridgehead atoms. The first-order chi connectivity index (χ1) is 24.2. The van der Waals surface area contributed by atoms with Crippen LogP contribution in [0.2, 0.25) is 0 Å². The summed E-state index contributed by atoms with van der Waals surface area (Å²) in [5.74, 6) is -0.337. The van der Waals surface area contributed by atoms with Gasteiger partial charge in [-0.05, 0) is 69.1 Å². The summed E-state index contributed by atoms with van der Waals surface area (Å²) in [5.41, 5.74) is 0.0824. The van der Waals surface area contributed by atoms with Gasteiger partial charge in [-0.3, -0.25) is 9.59 Å². The highest BCUT2D eigenvalue weighted by molar-refractivity contribution is 6.21. The molecule has 0 aliphatic heterocycles. The van der Waals surface area contributed by atoms with E-state index in [-0.39, 0.29) is 53.6 Å². The number of halogens is 1. The van der Waals surface area contributed by atoms with E-state index in [1.54, 1.807) is 11.9 Å². The Labute approximate surface area is 312 Å². The number of unbranched alkanes of at least 4 members (excludes halogenated alkanes) is 16. The van der Waals surface area contributed by atoms with Crippen molar-refractivity contribution in [3.8, 4) is 0 Å². The zero-order chi connectivity index (χ0) is 36.5. The number of rotatable bonds is 30. The summed E-state index contributed by atoms with van der Waals surface area (Å²) in [4.78, 5) is 26.3. The highest BCUT2D eigenvalue weighted by atomic mass is 35.5. The molecule has 2 aliphatic carbocycles. The van der Waals surface area contributed by atoms with E-state index in [0.29, 0.717) is 25.8 Å². The predicted molar refractivity (Wildman–Crippen MR) is 209 cm³/mol. The quantitative estimate of drug-likeness (QED) is 0.0334. The summed E-state index contributed by atoms with van der Waals surface area (Å²) in [6, 6.07) is 0. The first kappa shape index (κ1) is 44.8. The van der Waals surface area contributed by atoms with E-state index in [1.807, 2.05) is 0 Å². The molecule has 50 heavy (non-hydrogen) atoms. The van der Waals surface area contributed by atoms with Crippen LogP contribution < -0.4 is 0 Å². The highest BCUT2D eigenvalue weighted by Crippen LogP contribution is 2.48. The Morgan fingerprint density at radius 1 is 0.860 bits per heavy atom. The Hall–Kier alpha value is -1.37. The van der Waals surface area contributed by atoms with Crippen molar-refractivity contribution in [1.82, 2.24) is 4.90 Å². The minimum absolute atomic E-state index is 0.0111. The molecule has 0 aromatic heterocycles. The molecule has 0 saturated heterocycles. The van der Waals surface area contributed by atoms with Crippen LogP contribution >= 0.6 is 11.6 Å². The van der Waals surface area contributed by atoms with Crippen molar-refractivity contribution in [1.29, 1.82) is 0 Å². The molecular weight excluding hydrogens is 646 g/mol. The number of ether oxygens (including phenoxy) is 1. The summed E-state index contributed by atoms with van der Waals surface area (Å²) in [7, 11) is 1.79. The molecule has 2 fully saturated rings. The third-order valence-electron chi connectivity index (χ3n) is 11.8. The van der Waals surface area contributed by atoms with Crippen molar-refractivity contribution in [3.63, 3.8) is 0 Å². The second kappa shape index (κ2) is 27.3. The zero-order valence-electron chi connectivity index (χ0n) is 32.4. The van der Waals surface area contributed by atoms with Crippen LogP contribution in [-0.4, -0.2) is 64.8 Å². The molecular formula is C43H76ClNO5. The topological polar surface area (TPSA) is 87.1 Å². The number of carbonyl (C=O) groups is 2. The van der Waals surface area contributed by atoms with Crippen LogP contribution in [0.4, 0.5) is 0 Å². The third kappa shape index (κ3) is 17.9. The van der Waals surface area contributed by atoms with E-state index in [2.05, 4.69) is 38.2 Å². The molecule has 2 rings (SSSR count). The smallest absolute Gasteiger partial charge is 0.306 e. The number of esters is 1. The molecule has 0 unspecified atom stereocenters. The molecule has 2 N–H and O–H groups in total. The van der Waals surface area contributed by atoms with E-state index >= 15 is 0 Å². The molecule has 5 atom stereocenters. The maximum Gasteiger partial charge on any atom is 0.306 e. The van der Waals surface area contributed by atoms with E-state index in [9.17, 15) is 19.8 Å². The van der Waals surface area contributed by atoms with Crippen LogP contribution in [0.3, 0.4) is 0 Å². The lowest BCUT2D eigenvalue weighted by Gasteiger charge is -2.45. The number of aliphatic hydroxyl groups excluding tert-OH is 2. The highest BCUT2D eigenvalue weighted by Gasteiger charge is 2.42. The normalized spacial score (nSPS) is 22.3. The largest absolute Gasteiger partial charge is 0.456 e. The lowest BCUT2D eigenvalue weighted by Crippen LogP contribution is -2.40. The number of hydrogen-bond acceptors (Lipinski definition) is 5. The molecule has 7 heteroatoms. The number of nitrogens with zero attached hydrogens (tertiary/aromatic N) is 1. The van der Waals surface area contributed by atoms with Crippen LogP contribution in [0.25, 0.3) is 0 Å². The third-order valence-corrected chi connectivity index (χ3v) is 12.3. The number of amides is 1. The predicted octanol–water partition coefficient (Wildman–Crippen LogP) is 10.9. The Kier molecular flexibility index (Phi) is 24.4. The van der Waals surface area contributed by atoms with Gasteiger partial charge in [0, 0.05) is 31.3 Å². The summed E-state index contributed by atoms with van der Waals surface area (Å²) in [6.07, 6.45) is 36.9. The van der Waals surface area contributed by atoms with E-state index in [0.717, 1.165) is 44.9 Å². The van der Waals surface area contributed by atoms with E-state index in [1.165, 1.54) is 96.3 Å². The first-order valence-corrected chi connectivity index (χ1v) is 21.4. The SMILES string of the molecule is CCCCCCCCCCCCCCCCCCN(C)C(=O)COC(=O)CCC/C=C\C[C@@H]1[C@@H](/C=C/C[C@H](O)C2(CC)CCC2)[C@H](O)C[C@H]1Cl. The molecule has 0 aromatic carbocycles. The molecule has 0 spiro atoms. The van der Waals surface area contributed by atoms with Gasteiger partial charge in [-0.15, -0.1) is 11.6 Å². The van der Waals surface area contributed by atoms with Crippen molar-refractivity contribution in [3.05, 3.63) is 24.3 Å². The summed E-state index contributed by atoms with van der Waals surface area (Å²) >= 11 is 6.62. The van der Waals surface area contributed by atoms with Crippen molar-refractivity contribution < 1.29 is 24.5 Å². The van der Waals surface area contributed by atoms with Gasteiger partial charge in [0.15, 0.2) is 6.61 Å². The number of allylic oxidation sites excluding steroid dienone is 2. The van der Waals surface area contributed by atoms with Crippen LogP contribution in [-0.2, 0) is 14.3 Å². The minimum atomic E-state index is -0.460. The van der Waals surface area contributed by atoms with Crippen LogP contribution in [0.15, 0.2) is 24.3 Å². The van der Waals surface area contributed by atoms with Crippen molar-refractivity contribution in [2.75, 3.05) is 20.2 Å². The van der Waals surface area contributed by atoms with Crippen LogP contribution in [0.5, 0.6) is 0 Å². The van der Waals surface area contributed by atoms with Crippen molar-refractivity contribution >= 4 is 23.5 Å². The lowest BCUT2D eigenvalue weighted by atomic mass is 9.63. The Bertz CT molecular complexity index is 944. The maximum atomic E-state index is 12.4. The number of carbonyl (C=O) groups excluding carboxylic acids is 2. The standard InChI is InChI=1S/C43H76ClNO5/c1-4-6-7-8-9-10-11-12-13-14-15-16-17-18-21-24-33-45(3)41(48)35-50-42(49)30-23-20-19-22-27-36-37(39(46)34-38(36)44)28-25-29-40(47)43(5-2)31-26-32-43/h19,22,25,28,36-40,46-47H,4-18,20-21,23-24,26-27,29-35H2,1-3H3/b22-19-,28-25+/t36-,37-,38-,39-,40+/m1/s1. The summed E-state index contributed by atoms with van der Waals surface area (Å²) in [5, 5.41) is 21.3. The van der Waals surface area contributed by atoms with Gasteiger partial charge in [0.2, 0.25) is 0 Å². The van der Waals surface area contributed by atoms with Gasteiger partial charge in [0.05, 0.1) is 12.2 Å². The fraction of sp³-hybridized carbons (Fsp3) is 0.860. The van der Waals surface area contributed by atoms with Crippen molar-refractivity contribution in [2.24, 2.45) is 17.3 Å². The second-order valence-corrected chi connectivity index (χ2v) is 16.2. The number of likely N-dealkylation sites (N-methyl/N-ethyl adjacent to an activating group) is 1. The molecule has 0 heterocycles. The summed E-state index contributed by atoms with van der Waals surface area (Å²) in [6.45, 7) is 4.96. The van der Waals surface area contributed by atoms with Gasteiger partial charge >= 0.3 is 5.97 Å². The average molecular weight is 723 g/mol. The molecule has 6 nitrogen and oxygen atoms in total. The van der Waals surface area contributed by atoms with Gasteiger partial charge in [0.25, 0.3) is 5.91 Å². The van der Waals surface area contributed by atoms with Gasteiger partial charge in [0.1, 0.15) is 0 Å². The van der Waals surface area contributed by atoms with E-state index < -0.39 is 6.10 Å². The molecule has 290 valence electrons. The number of alkyl halides is 1. The molecule has 0 aromatic rings. The minimum Gasteiger partial charge on any atom is -0.456 e. The Balaban J connectivity index is 1.46. The van der Waals surface area contributed by atoms with Crippen LogP contribution in [0.1, 0.15) is 181 Å². The summed E-state index contributed by atoms with van der Waals surface area (Å²) < 4.78 is 5.25. The van der Waals surface area contributed by atoms with Crippen LogP contribution in [0, 0.1) is 17.3 Å². The Morgan fingerprint density at radius 3 is 1.98 bits per heavy atom.